The second kappa shape index (κ2) is 4.29. The fraction of sp³-hybridized carbons (Fsp3) is 0.545. The van der Waals surface area contributed by atoms with Crippen molar-refractivity contribution >= 4 is 0 Å². The first-order chi connectivity index (χ1) is 8.33. The molecule has 1 aliphatic rings. The molecule has 0 amide bonds. The van der Waals surface area contributed by atoms with Crippen molar-refractivity contribution in [3.63, 3.8) is 0 Å². The van der Waals surface area contributed by atoms with Gasteiger partial charge in [0.1, 0.15) is 0 Å². The minimum Gasteiger partial charge on any atom is -0.340 e. The molecule has 0 bridgehead atoms. The maximum Gasteiger partial charge on any atom is 0.223 e. The van der Waals surface area contributed by atoms with Crippen molar-refractivity contribution in [2.75, 3.05) is 0 Å². The first-order valence-corrected chi connectivity index (χ1v) is 5.83. The highest BCUT2D eigenvalue weighted by atomic mass is 16.5. The molecule has 1 fully saturated rings. The fourth-order valence-electron chi connectivity index (χ4n) is 1.87. The molecule has 6 nitrogen and oxygen atoms in total. The Morgan fingerprint density at radius 3 is 3.06 bits per heavy atom. The summed E-state index contributed by atoms with van der Waals surface area (Å²) in [6.45, 7) is 3.19. The first-order valence-electron chi connectivity index (χ1n) is 5.83. The van der Waals surface area contributed by atoms with E-state index in [9.17, 15) is 0 Å². The Bertz CT molecular complexity index is 499. The summed E-state index contributed by atoms with van der Waals surface area (Å²) in [5.41, 5.74) is 1.22. The summed E-state index contributed by atoms with van der Waals surface area (Å²) < 4.78 is 7.15. The van der Waals surface area contributed by atoms with E-state index in [0.29, 0.717) is 24.3 Å². The lowest BCUT2D eigenvalue weighted by molar-refractivity contribution is 0.385. The summed E-state index contributed by atoms with van der Waals surface area (Å²) in [6, 6.07) is 0.668. The van der Waals surface area contributed by atoms with Crippen LogP contribution in [0, 0.1) is 6.92 Å². The Kier molecular flexibility index (Phi) is 2.64. The quantitative estimate of drug-likeness (QED) is 0.840. The molecule has 1 N–H and O–H groups in total. The molecule has 0 saturated heterocycles. The number of imidazole rings is 1. The van der Waals surface area contributed by atoms with Gasteiger partial charge in [-0.05, 0) is 12.8 Å². The zero-order valence-corrected chi connectivity index (χ0v) is 9.76. The van der Waals surface area contributed by atoms with Gasteiger partial charge in [-0.1, -0.05) is 5.16 Å². The summed E-state index contributed by atoms with van der Waals surface area (Å²) in [7, 11) is 0. The number of aryl methyl sites for hydroxylation is 1. The van der Waals surface area contributed by atoms with E-state index in [0.717, 1.165) is 6.54 Å². The Labute approximate surface area is 99.0 Å². The van der Waals surface area contributed by atoms with Crippen LogP contribution in [0.4, 0.5) is 0 Å². The summed E-state index contributed by atoms with van der Waals surface area (Å²) >= 11 is 0. The Hall–Kier alpha value is -1.69. The van der Waals surface area contributed by atoms with Crippen LogP contribution in [0.15, 0.2) is 17.0 Å². The molecule has 1 saturated carbocycles. The second-order valence-corrected chi connectivity index (χ2v) is 4.36. The highest BCUT2D eigenvalue weighted by molar-refractivity contribution is 5.03. The Balaban J connectivity index is 1.55. The number of hydrogen-bond donors (Lipinski definition) is 1. The third kappa shape index (κ3) is 2.36. The van der Waals surface area contributed by atoms with E-state index in [1.807, 2.05) is 12.5 Å². The molecule has 3 rings (SSSR count). The average Bonchev–Trinajstić information content (AvgIpc) is 2.92. The van der Waals surface area contributed by atoms with Crippen LogP contribution in [0.2, 0.25) is 0 Å². The largest absolute Gasteiger partial charge is 0.340 e. The summed E-state index contributed by atoms with van der Waals surface area (Å²) in [4.78, 5) is 8.32. The second-order valence-electron chi connectivity index (χ2n) is 4.36. The van der Waals surface area contributed by atoms with Crippen molar-refractivity contribution in [3.8, 4) is 0 Å². The lowest BCUT2D eigenvalue weighted by Crippen LogP contribution is -2.16. The van der Waals surface area contributed by atoms with Gasteiger partial charge in [0.25, 0.3) is 0 Å². The highest BCUT2D eigenvalue weighted by Crippen LogP contribution is 2.35. The summed E-state index contributed by atoms with van der Waals surface area (Å²) in [6.07, 6.45) is 6.36. The van der Waals surface area contributed by atoms with E-state index in [1.54, 1.807) is 6.92 Å². The van der Waals surface area contributed by atoms with E-state index >= 15 is 0 Å². The number of aromatic nitrogens is 4. The lowest BCUT2D eigenvalue weighted by atomic mass is 10.4. The SMILES string of the molecule is Cc1nc(CNCc2cncn2C2CC2)no1. The van der Waals surface area contributed by atoms with Crippen molar-refractivity contribution < 1.29 is 4.52 Å². The molecule has 90 valence electrons. The van der Waals surface area contributed by atoms with Crippen molar-refractivity contribution in [2.45, 2.75) is 38.9 Å². The molecule has 1 aliphatic carbocycles. The molecule has 0 aromatic carbocycles. The molecule has 6 heteroatoms. The van der Waals surface area contributed by atoms with E-state index in [-0.39, 0.29) is 0 Å². The molecular formula is C11H15N5O. The molecule has 0 radical (unpaired) electrons. The third-order valence-corrected chi connectivity index (χ3v) is 2.85. The van der Waals surface area contributed by atoms with Crippen molar-refractivity contribution in [3.05, 3.63) is 29.9 Å². The topological polar surface area (TPSA) is 68.8 Å². The monoisotopic (exact) mass is 233 g/mol. The third-order valence-electron chi connectivity index (χ3n) is 2.85. The van der Waals surface area contributed by atoms with Gasteiger partial charge in [0.05, 0.1) is 18.6 Å². The molecule has 0 atom stereocenters. The van der Waals surface area contributed by atoms with Gasteiger partial charge in [-0.15, -0.1) is 0 Å². The zero-order valence-electron chi connectivity index (χ0n) is 9.76. The van der Waals surface area contributed by atoms with Gasteiger partial charge in [0.2, 0.25) is 5.89 Å². The van der Waals surface area contributed by atoms with Crippen LogP contribution in [-0.2, 0) is 13.1 Å². The van der Waals surface area contributed by atoms with Crippen LogP contribution >= 0.6 is 0 Å². The molecule has 2 aromatic rings. The standard InChI is InChI=1S/C11H15N5O/c1-8-14-11(15-17-8)6-12-4-10-5-13-7-16(10)9-2-3-9/h5,7,9,12H,2-4,6H2,1H3. The molecule has 0 unspecified atom stereocenters. The molecule has 2 aromatic heterocycles. The lowest BCUT2D eigenvalue weighted by Gasteiger charge is -2.06. The smallest absolute Gasteiger partial charge is 0.223 e. The van der Waals surface area contributed by atoms with Gasteiger partial charge in [0, 0.05) is 25.7 Å². The van der Waals surface area contributed by atoms with Gasteiger partial charge in [-0.3, -0.25) is 0 Å². The van der Waals surface area contributed by atoms with E-state index < -0.39 is 0 Å². The fourth-order valence-corrected chi connectivity index (χ4v) is 1.87. The van der Waals surface area contributed by atoms with Crippen LogP contribution in [0.5, 0.6) is 0 Å². The Morgan fingerprint density at radius 2 is 2.35 bits per heavy atom. The minimum atomic E-state index is 0.602. The van der Waals surface area contributed by atoms with Gasteiger partial charge in [0.15, 0.2) is 5.82 Å². The normalized spacial score (nSPS) is 15.4. The zero-order chi connectivity index (χ0) is 11.7. The predicted octanol–water partition coefficient (Wildman–Crippen LogP) is 1.20. The van der Waals surface area contributed by atoms with E-state index in [1.165, 1.54) is 18.5 Å². The van der Waals surface area contributed by atoms with Gasteiger partial charge < -0.3 is 14.4 Å². The maximum absolute atomic E-state index is 4.91. The molecule has 0 spiro atoms. The Morgan fingerprint density at radius 1 is 1.47 bits per heavy atom. The van der Waals surface area contributed by atoms with E-state index in [2.05, 4.69) is 25.0 Å². The van der Waals surface area contributed by atoms with Crippen molar-refractivity contribution in [2.24, 2.45) is 0 Å². The van der Waals surface area contributed by atoms with Crippen molar-refractivity contribution in [1.82, 2.24) is 25.0 Å². The molecular weight excluding hydrogens is 218 g/mol. The number of rotatable bonds is 5. The summed E-state index contributed by atoms with van der Waals surface area (Å²) in [5.74, 6) is 1.30. The summed E-state index contributed by atoms with van der Waals surface area (Å²) in [5, 5.41) is 7.13. The van der Waals surface area contributed by atoms with E-state index in [4.69, 9.17) is 4.52 Å². The van der Waals surface area contributed by atoms with Crippen LogP contribution in [0.1, 0.15) is 36.3 Å². The molecule has 0 aliphatic heterocycles. The van der Waals surface area contributed by atoms with Crippen LogP contribution in [0.25, 0.3) is 0 Å². The first kappa shape index (κ1) is 10.5. The number of nitrogens with zero attached hydrogens (tertiary/aromatic N) is 4. The van der Waals surface area contributed by atoms with Gasteiger partial charge in [-0.2, -0.15) is 4.98 Å². The van der Waals surface area contributed by atoms with Gasteiger partial charge >= 0.3 is 0 Å². The molecule has 2 heterocycles. The average molecular weight is 233 g/mol. The van der Waals surface area contributed by atoms with Crippen LogP contribution < -0.4 is 5.32 Å². The number of hydrogen-bond acceptors (Lipinski definition) is 5. The van der Waals surface area contributed by atoms with Crippen molar-refractivity contribution in [1.29, 1.82) is 0 Å². The van der Waals surface area contributed by atoms with Gasteiger partial charge in [-0.25, -0.2) is 4.98 Å². The molecule has 17 heavy (non-hydrogen) atoms. The van der Waals surface area contributed by atoms with Crippen LogP contribution in [-0.4, -0.2) is 19.7 Å². The predicted molar refractivity (Wildman–Crippen MR) is 60.1 cm³/mol. The number of nitrogens with one attached hydrogen (secondary N) is 1. The highest BCUT2D eigenvalue weighted by Gasteiger charge is 2.24. The minimum absolute atomic E-state index is 0.602. The van der Waals surface area contributed by atoms with Crippen LogP contribution in [0.3, 0.4) is 0 Å². The maximum atomic E-state index is 4.91.